The average Bonchev–Trinajstić information content (AvgIpc) is 2.41. The highest BCUT2D eigenvalue weighted by molar-refractivity contribution is 9.10. The molecule has 2 unspecified atom stereocenters. The largest absolute Gasteiger partial charge is 0.488 e. The van der Waals surface area contributed by atoms with Crippen LogP contribution in [0.2, 0.25) is 10.0 Å². The van der Waals surface area contributed by atoms with Gasteiger partial charge in [-0.05, 0) is 42.8 Å². The first-order chi connectivity index (χ1) is 9.95. The van der Waals surface area contributed by atoms with E-state index in [4.69, 9.17) is 27.9 Å². The molecule has 0 heterocycles. The van der Waals surface area contributed by atoms with Crippen molar-refractivity contribution in [3.63, 3.8) is 0 Å². The number of hydrogen-bond donors (Lipinski definition) is 1. The third kappa shape index (κ3) is 4.89. The third-order valence-electron chi connectivity index (χ3n) is 3.10. The first-order valence-electron chi connectivity index (χ1n) is 6.50. The lowest BCUT2D eigenvalue weighted by Crippen LogP contribution is -2.30. The molecule has 0 bridgehead atoms. The maximum Gasteiger partial charge on any atom is 0.122 e. The molecule has 2 nitrogen and oxygen atoms in total. The fourth-order valence-corrected chi connectivity index (χ4v) is 2.84. The Hall–Kier alpha value is -0.740. The molecule has 0 saturated carbocycles. The van der Waals surface area contributed by atoms with Crippen LogP contribution >= 0.6 is 39.1 Å². The molecule has 21 heavy (non-hydrogen) atoms. The fourth-order valence-electron chi connectivity index (χ4n) is 1.91. The molecule has 0 saturated heterocycles. The number of hydrogen-bond acceptors (Lipinski definition) is 2. The van der Waals surface area contributed by atoms with Gasteiger partial charge in [-0.25, -0.2) is 0 Å². The number of aliphatic hydroxyl groups excluding tert-OH is 1. The van der Waals surface area contributed by atoms with E-state index in [9.17, 15) is 5.11 Å². The average molecular weight is 390 g/mol. The minimum Gasteiger partial charge on any atom is -0.488 e. The Morgan fingerprint density at radius 3 is 2.62 bits per heavy atom. The molecule has 1 N–H and O–H groups in total. The third-order valence-corrected chi connectivity index (χ3v) is 4.18. The summed E-state index contributed by atoms with van der Waals surface area (Å²) >= 11 is 15.4. The molecule has 2 aromatic rings. The lowest BCUT2D eigenvalue weighted by molar-refractivity contribution is 0.0479. The monoisotopic (exact) mass is 388 g/mol. The minimum atomic E-state index is -0.664. The maximum absolute atomic E-state index is 10.3. The lowest BCUT2D eigenvalue weighted by atomic mass is 10.0. The normalized spacial score (nSPS) is 13.8. The number of benzene rings is 2. The van der Waals surface area contributed by atoms with E-state index in [0.717, 1.165) is 10.0 Å². The van der Waals surface area contributed by atoms with Crippen molar-refractivity contribution < 1.29 is 9.84 Å². The van der Waals surface area contributed by atoms with Crippen LogP contribution < -0.4 is 4.74 Å². The van der Waals surface area contributed by atoms with Gasteiger partial charge in [0.25, 0.3) is 0 Å². The second-order valence-corrected chi connectivity index (χ2v) is 6.55. The summed E-state index contributed by atoms with van der Waals surface area (Å²) in [6.45, 7) is 1.82. The predicted molar refractivity (Wildman–Crippen MR) is 90.4 cm³/mol. The van der Waals surface area contributed by atoms with Crippen molar-refractivity contribution in [2.75, 3.05) is 0 Å². The van der Waals surface area contributed by atoms with Crippen LogP contribution in [0.25, 0.3) is 0 Å². The van der Waals surface area contributed by atoms with Crippen molar-refractivity contribution >= 4 is 39.1 Å². The smallest absolute Gasteiger partial charge is 0.122 e. The van der Waals surface area contributed by atoms with Gasteiger partial charge >= 0.3 is 0 Å². The number of halogens is 3. The summed E-state index contributed by atoms with van der Waals surface area (Å²) in [6.07, 6.45) is -0.612. The Balaban J connectivity index is 2.00. The molecule has 0 amide bonds. The van der Waals surface area contributed by atoms with E-state index in [2.05, 4.69) is 15.9 Å². The summed E-state index contributed by atoms with van der Waals surface area (Å²) in [5, 5.41) is 11.5. The minimum absolute atomic E-state index is 0.372. The van der Waals surface area contributed by atoms with E-state index in [1.54, 1.807) is 12.1 Å². The quantitative estimate of drug-likeness (QED) is 0.768. The zero-order valence-corrected chi connectivity index (χ0v) is 14.5. The predicted octanol–water partition coefficient (Wildman–Crippen LogP) is 5.13. The SMILES string of the molecule is CC(Oc1cccc(Cl)c1)C(O)Cc1ccc(Br)cc1Cl. The number of rotatable bonds is 5. The van der Waals surface area contributed by atoms with Crippen molar-refractivity contribution in [3.05, 3.63) is 62.5 Å². The second-order valence-electron chi connectivity index (χ2n) is 4.79. The number of ether oxygens (including phenoxy) is 1. The second kappa shape index (κ2) is 7.50. The van der Waals surface area contributed by atoms with Gasteiger partial charge in [0.2, 0.25) is 0 Å². The van der Waals surface area contributed by atoms with Crippen LogP contribution in [0.3, 0.4) is 0 Å². The molecule has 0 aliphatic carbocycles. The Morgan fingerprint density at radius 1 is 1.19 bits per heavy atom. The Kier molecular flexibility index (Phi) is 5.94. The molecule has 2 aromatic carbocycles. The summed E-state index contributed by atoms with van der Waals surface area (Å²) in [4.78, 5) is 0. The van der Waals surface area contributed by atoms with Crippen molar-refractivity contribution in [2.24, 2.45) is 0 Å². The van der Waals surface area contributed by atoms with Crippen LogP contribution in [-0.4, -0.2) is 17.3 Å². The summed E-state index contributed by atoms with van der Waals surface area (Å²) in [5.74, 6) is 0.635. The van der Waals surface area contributed by atoms with Gasteiger partial charge in [0.15, 0.2) is 0 Å². The standard InChI is InChI=1S/C16H15BrCl2O2/c1-10(21-14-4-2-3-13(18)9-14)16(20)7-11-5-6-12(17)8-15(11)19/h2-6,8-10,16,20H,7H2,1H3. The Labute approximate surface area is 142 Å². The van der Waals surface area contributed by atoms with Crippen LogP contribution in [0, 0.1) is 0 Å². The molecule has 2 rings (SSSR count). The molecular formula is C16H15BrCl2O2. The highest BCUT2D eigenvalue weighted by Gasteiger charge is 2.18. The van der Waals surface area contributed by atoms with Gasteiger partial charge < -0.3 is 9.84 Å². The van der Waals surface area contributed by atoms with Gasteiger partial charge in [0.1, 0.15) is 11.9 Å². The van der Waals surface area contributed by atoms with Gasteiger partial charge in [0, 0.05) is 20.9 Å². The zero-order chi connectivity index (χ0) is 15.4. The van der Waals surface area contributed by atoms with Crippen LogP contribution in [0.5, 0.6) is 5.75 Å². The molecular weight excluding hydrogens is 375 g/mol. The summed E-state index contributed by atoms with van der Waals surface area (Å²) in [7, 11) is 0. The summed E-state index contributed by atoms with van der Waals surface area (Å²) in [5.41, 5.74) is 0.883. The molecule has 5 heteroatoms. The van der Waals surface area contributed by atoms with Gasteiger partial charge in [-0.2, -0.15) is 0 Å². The fraction of sp³-hybridized carbons (Fsp3) is 0.250. The molecule has 0 fully saturated rings. The zero-order valence-electron chi connectivity index (χ0n) is 11.4. The van der Waals surface area contributed by atoms with Crippen LogP contribution in [-0.2, 0) is 6.42 Å². The van der Waals surface area contributed by atoms with Gasteiger partial charge in [-0.3, -0.25) is 0 Å². The van der Waals surface area contributed by atoms with Crippen LogP contribution in [0.4, 0.5) is 0 Å². The first kappa shape index (κ1) is 16.6. The summed E-state index contributed by atoms with van der Waals surface area (Å²) < 4.78 is 6.62. The number of aliphatic hydroxyl groups is 1. The molecule has 0 radical (unpaired) electrons. The summed E-state index contributed by atoms with van der Waals surface area (Å²) in [6, 6.07) is 12.7. The molecule has 2 atom stereocenters. The van der Waals surface area contributed by atoms with E-state index in [1.165, 1.54) is 0 Å². The van der Waals surface area contributed by atoms with Gasteiger partial charge in [0.05, 0.1) is 6.10 Å². The van der Waals surface area contributed by atoms with E-state index < -0.39 is 6.10 Å². The lowest BCUT2D eigenvalue weighted by Gasteiger charge is -2.21. The topological polar surface area (TPSA) is 29.5 Å². The van der Waals surface area contributed by atoms with Crippen LogP contribution in [0.1, 0.15) is 12.5 Å². The van der Waals surface area contributed by atoms with Crippen LogP contribution in [0.15, 0.2) is 46.9 Å². The molecule has 112 valence electrons. The van der Waals surface area contributed by atoms with Gasteiger partial charge in [-0.15, -0.1) is 0 Å². The van der Waals surface area contributed by atoms with E-state index in [1.807, 2.05) is 37.3 Å². The molecule has 0 aliphatic heterocycles. The maximum atomic E-state index is 10.3. The van der Waals surface area contributed by atoms with Crippen molar-refractivity contribution in [1.29, 1.82) is 0 Å². The highest BCUT2D eigenvalue weighted by atomic mass is 79.9. The van der Waals surface area contributed by atoms with Gasteiger partial charge in [-0.1, -0.05) is 51.3 Å². The Morgan fingerprint density at radius 2 is 1.95 bits per heavy atom. The Bertz CT molecular complexity index is 619. The molecule has 0 spiro atoms. The molecule has 0 aliphatic rings. The highest BCUT2D eigenvalue weighted by Crippen LogP contribution is 2.24. The van der Waals surface area contributed by atoms with Crippen molar-refractivity contribution in [2.45, 2.75) is 25.6 Å². The first-order valence-corrected chi connectivity index (χ1v) is 8.05. The van der Waals surface area contributed by atoms with E-state index in [0.29, 0.717) is 22.2 Å². The van der Waals surface area contributed by atoms with Crippen molar-refractivity contribution in [3.8, 4) is 5.75 Å². The van der Waals surface area contributed by atoms with E-state index >= 15 is 0 Å². The molecule has 0 aromatic heterocycles. The van der Waals surface area contributed by atoms with E-state index in [-0.39, 0.29) is 6.10 Å². The van der Waals surface area contributed by atoms with Crippen molar-refractivity contribution in [1.82, 2.24) is 0 Å².